The lowest BCUT2D eigenvalue weighted by atomic mass is 10.4. The van der Waals surface area contributed by atoms with E-state index in [0.717, 1.165) is 0 Å². The maximum absolute atomic E-state index is 10.1. The van der Waals surface area contributed by atoms with Crippen molar-refractivity contribution in [3.05, 3.63) is 0 Å². The zero-order valence-electron chi connectivity index (χ0n) is 7.58. The highest BCUT2D eigenvalue weighted by molar-refractivity contribution is 5.66. The second-order valence-electron chi connectivity index (χ2n) is 3.18. The van der Waals surface area contributed by atoms with Gasteiger partial charge in [-0.1, -0.05) is 0 Å². The van der Waals surface area contributed by atoms with Gasteiger partial charge in [0.2, 0.25) is 0 Å². The van der Waals surface area contributed by atoms with Crippen LogP contribution in [0.3, 0.4) is 0 Å². The number of hydrogen-bond donors (Lipinski definition) is 3. The zero-order valence-corrected chi connectivity index (χ0v) is 7.58. The monoisotopic (exact) mass is 177 g/mol. The Kier molecular flexibility index (Phi) is 4.80. The topological polar surface area (TPSA) is 69.6 Å². The number of nitrogens with zero attached hydrogens (tertiary/aromatic N) is 1. The van der Waals surface area contributed by atoms with Crippen molar-refractivity contribution in [1.82, 2.24) is 5.43 Å². The molecular formula is C7H17N2O3+. The average molecular weight is 177 g/mol. The summed E-state index contributed by atoms with van der Waals surface area (Å²) in [5, 5.41) is 17.0. The molecule has 0 aliphatic carbocycles. The molecule has 0 spiro atoms. The molecule has 0 rings (SSSR count). The minimum atomic E-state index is -0.813. The van der Waals surface area contributed by atoms with Crippen molar-refractivity contribution < 1.29 is 19.6 Å². The number of carboxylic acids is 1. The highest BCUT2D eigenvalue weighted by Gasteiger charge is 2.13. The summed E-state index contributed by atoms with van der Waals surface area (Å²) in [5.74, 6) is -0.813. The van der Waals surface area contributed by atoms with Crippen molar-refractivity contribution in [1.29, 1.82) is 0 Å². The minimum absolute atomic E-state index is 0.0903. The summed E-state index contributed by atoms with van der Waals surface area (Å²) in [5.41, 5.74) is 2.99. The maximum atomic E-state index is 10.1. The Bertz CT molecular complexity index is 148. The van der Waals surface area contributed by atoms with Gasteiger partial charge in [0.1, 0.15) is 6.54 Å². The van der Waals surface area contributed by atoms with Gasteiger partial charge in [0.25, 0.3) is 0 Å². The summed E-state index contributed by atoms with van der Waals surface area (Å²) >= 11 is 0. The van der Waals surface area contributed by atoms with Crippen LogP contribution in [-0.4, -0.2) is 54.6 Å². The van der Waals surface area contributed by atoms with Crippen LogP contribution in [0, 0.1) is 0 Å². The maximum Gasteiger partial charge on any atom is 0.304 e. The summed E-state index contributed by atoms with van der Waals surface area (Å²) in [4.78, 5) is 10.1. The molecule has 0 aliphatic heterocycles. The van der Waals surface area contributed by atoms with E-state index in [2.05, 4.69) is 5.43 Å². The van der Waals surface area contributed by atoms with Gasteiger partial charge in [-0.25, -0.2) is 4.59 Å². The van der Waals surface area contributed by atoms with E-state index in [9.17, 15) is 4.79 Å². The SMILES string of the molecule is C[N+](C)(CCO)NCCC(=O)O. The normalized spacial score (nSPS) is 11.6. The first-order chi connectivity index (χ1) is 5.48. The molecule has 72 valence electrons. The lowest BCUT2D eigenvalue weighted by Crippen LogP contribution is -2.53. The predicted molar refractivity (Wildman–Crippen MR) is 44.3 cm³/mol. The number of likely N-dealkylation sites (N-methyl/N-ethyl adjacent to an activating group) is 1. The molecule has 0 aromatic heterocycles. The summed E-state index contributed by atoms with van der Waals surface area (Å²) in [6.07, 6.45) is 0.104. The molecule has 0 aromatic carbocycles. The van der Waals surface area contributed by atoms with Crippen molar-refractivity contribution in [2.24, 2.45) is 0 Å². The van der Waals surface area contributed by atoms with Crippen LogP contribution in [0.2, 0.25) is 0 Å². The lowest BCUT2D eigenvalue weighted by Gasteiger charge is -2.28. The number of aliphatic hydroxyl groups excluding tert-OH is 1. The molecule has 12 heavy (non-hydrogen) atoms. The molecule has 0 unspecified atom stereocenters. The van der Waals surface area contributed by atoms with Gasteiger partial charge in [0, 0.05) is 0 Å². The molecule has 5 nitrogen and oxygen atoms in total. The third kappa shape index (κ3) is 6.09. The third-order valence-electron chi connectivity index (χ3n) is 1.54. The summed E-state index contributed by atoms with van der Waals surface area (Å²) < 4.78 is 0.434. The predicted octanol–water partition coefficient (Wildman–Crippen LogP) is -0.966. The molecule has 0 radical (unpaired) electrons. The van der Waals surface area contributed by atoms with Crippen LogP contribution in [0.25, 0.3) is 0 Å². The summed E-state index contributed by atoms with van der Waals surface area (Å²) in [7, 11) is 3.75. The summed E-state index contributed by atoms with van der Waals surface area (Å²) in [6.45, 7) is 1.08. The molecule has 3 N–H and O–H groups in total. The molecule has 0 bridgehead atoms. The number of carboxylic acid groups (broad SMARTS) is 1. The van der Waals surface area contributed by atoms with E-state index in [-0.39, 0.29) is 13.0 Å². The molecule has 0 aromatic rings. The van der Waals surface area contributed by atoms with Gasteiger partial charge in [-0.2, -0.15) is 5.43 Å². The van der Waals surface area contributed by atoms with Crippen molar-refractivity contribution in [2.75, 3.05) is 33.8 Å². The van der Waals surface area contributed by atoms with Crippen LogP contribution in [0.15, 0.2) is 0 Å². The first kappa shape index (κ1) is 11.4. The van der Waals surface area contributed by atoms with Gasteiger partial charge in [-0.15, -0.1) is 0 Å². The van der Waals surface area contributed by atoms with Crippen LogP contribution < -0.4 is 5.43 Å². The van der Waals surface area contributed by atoms with Gasteiger partial charge in [0.05, 0.1) is 33.7 Å². The molecule has 0 fully saturated rings. The minimum Gasteiger partial charge on any atom is -0.481 e. The number of carbonyl (C=O) groups is 1. The quantitative estimate of drug-likeness (QED) is 0.361. The molecular weight excluding hydrogens is 160 g/mol. The van der Waals surface area contributed by atoms with E-state index >= 15 is 0 Å². The molecule has 0 saturated heterocycles. The molecule has 0 heterocycles. The smallest absolute Gasteiger partial charge is 0.304 e. The van der Waals surface area contributed by atoms with Crippen LogP contribution in [0.1, 0.15) is 6.42 Å². The second kappa shape index (κ2) is 5.08. The van der Waals surface area contributed by atoms with E-state index in [1.54, 1.807) is 0 Å². The Morgan fingerprint density at radius 3 is 2.50 bits per heavy atom. The number of aliphatic carboxylic acids is 1. The van der Waals surface area contributed by atoms with Crippen LogP contribution in [-0.2, 0) is 4.79 Å². The van der Waals surface area contributed by atoms with Crippen molar-refractivity contribution in [2.45, 2.75) is 6.42 Å². The molecule has 0 atom stereocenters. The molecule has 0 saturated carbocycles. The van der Waals surface area contributed by atoms with Crippen molar-refractivity contribution >= 4 is 5.97 Å². The van der Waals surface area contributed by atoms with Crippen molar-refractivity contribution in [3.63, 3.8) is 0 Å². The number of hydrogen-bond acceptors (Lipinski definition) is 3. The number of rotatable bonds is 6. The van der Waals surface area contributed by atoms with Crippen LogP contribution >= 0.6 is 0 Å². The highest BCUT2D eigenvalue weighted by atomic mass is 16.4. The van der Waals surface area contributed by atoms with Crippen LogP contribution in [0.5, 0.6) is 0 Å². The molecule has 0 amide bonds. The fraction of sp³-hybridized carbons (Fsp3) is 0.857. The molecule has 5 heteroatoms. The second-order valence-corrected chi connectivity index (χ2v) is 3.18. The average Bonchev–Trinajstić information content (AvgIpc) is 1.85. The highest BCUT2D eigenvalue weighted by Crippen LogP contribution is 1.89. The Morgan fingerprint density at radius 2 is 2.08 bits per heavy atom. The van der Waals surface area contributed by atoms with Crippen LogP contribution in [0.4, 0.5) is 0 Å². The zero-order chi connectivity index (χ0) is 9.61. The standard InChI is InChI=1S/C7H16N2O3/c1-9(2,5-6-10)8-4-3-7(11)12/h8,10H,3-6H2,1-2H3/p+1. The third-order valence-corrected chi connectivity index (χ3v) is 1.54. The first-order valence-electron chi connectivity index (χ1n) is 3.89. The Hall–Kier alpha value is -0.650. The van der Waals surface area contributed by atoms with Gasteiger partial charge < -0.3 is 10.2 Å². The molecule has 0 aliphatic rings. The van der Waals surface area contributed by atoms with Gasteiger partial charge in [-0.3, -0.25) is 4.79 Å². The fourth-order valence-electron chi connectivity index (χ4n) is 0.795. The van der Waals surface area contributed by atoms with E-state index in [1.165, 1.54) is 0 Å². The lowest BCUT2D eigenvalue weighted by molar-refractivity contribution is -0.934. The first-order valence-corrected chi connectivity index (χ1v) is 3.89. The number of aliphatic hydroxyl groups is 1. The number of quaternary nitrogens is 1. The van der Waals surface area contributed by atoms with Gasteiger partial charge in [-0.05, 0) is 0 Å². The van der Waals surface area contributed by atoms with E-state index in [0.29, 0.717) is 17.7 Å². The Labute approximate surface area is 72.2 Å². The number of nitrogens with one attached hydrogen (secondary N) is 1. The van der Waals surface area contributed by atoms with E-state index in [1.807, 2.05) is 14.1 Å². The summed E-state index contributed by atoms with van der Waals surface area (Å²) in [6, 6.07) is 0. The van der Waals surface area contributed by atoms with Gasteiger partial charge in [0.15, 0.2) is 0 Å². The van der Waals surface area contributed by atoms with Gasteiger partial charge >= 0.3 is 5.97 Å². The Morgan fingerprint density at radius 1 is 1.50 bits per heavy atom. The van der Waals surface area contributed by atoms with E-state index < -0.39 is 5.97 Å². The largest absolute Gasteiger partial charge is 0.481 e. The Balaban J connectivity index is 3.53. The fourth-order valence-corrected chi connectivity index (χ4v) is 0.795. The van der Waals surface area contributed by atoms with E-state index in [4.69, 9.17) is 10.2 Å². The van der Waals surface area contributed by atoms with Crippen molar-refractivity contribution in [3.8, 4) is 0 Å².